The molecule has 0 aliphatic rings. The molecule has 0 spiro atoms. The highest BCUT2D eigenvalue weighted by molar-refractivity contribution is 6.30. The molecule has 0 radical (unpaired) electrons. The van der Waals surface area contributed by atoms with Crippen LogP contribution in [0.1, 0.15) is 18.5 Å². The number of hydrogen-bond acceptors (Lipinski definition) is 1. The molecule has 0 saturated carbocycles. The second-order valence-corrected chi connectivity index (χ2v) is 4.63. The van der Waals surface area contributed by atoms with Crippen LogP contribution in [0.4, 0.5) is 18.9 Å². The maximum absolute atomic E-state index is 13.5. The first-order valence-corrected chi connectivity index (χ1v) is 6.01. The van der Waals surface area contributed by atoms with Gasteiger partial charge in [-0.25, -0.2) is 13.2 Å². The van der Waals surface area contributed by atoms with Gasteiger partial charge in [0.05, 0.1) is 5.69 Å². The molecule has 1 atom stereocenters. The third kappa shape index (κ3) is 3.41. The Morgan fingerprint density at radius 2 is 1.63 bits per heavy atom. The maximum Gasteiger partial charge on any atom is 0.146 e. The summed E-state index contributed by atoms with van der Waals surface area (Å²) in [7, 11) is 0. The predicted molar refractivity (Wildman–Crippen MR) is 69.8 cm³/mol. The zero-order chi connectivity index (χ0) is 14.0. The lowest BCUT2D eigenvalue weighted by atomic mass is 10.1. The quantitative estimate of drug-likeness (QED) is 0.843. The molecular weight excluding hydrogens is 275 g/mol. The van der Waals surface area contributed by atoms with Crippen LogP contribution in [0.5, 0.6) is 0 Å². The van der Waals surface area contributed by atoms with Crippen LogP contribution in [0.2, 0.25) is 5.02 Å². The minimum atomic E-state index is -0.671. The predicted octanol–water partition coefficient (Wildman–Crippen LogP) is 4.93. The van der Waals surface area contributed by atoms with Crippen molar-refractivity contribution in [1.29, 1.82) is 0 Å². The SMILES string of the molecule is CC(Nc1cc(Cl)ccc1F)c1cc(F)cc(F)c1. The lowest BCUT2D eigenvalue weighted by Crippen LogP contribution is -2.08. The van der Waals surface area contributed by atoms with Gasteiger partial charge in [0, 0.05) is 17.1 Å². The zero-order valence-electron chi connectivity index (χ0n) is 10.1. The summed E-state index contributed by atoms with van der Waals surface area (Å²) in [6.45, 7) is 1.68. The van der Waals surface area contributed by atoms with Crippen molar-refractivity contribution in [2.75, 3.05) is 5.32 Å². The summed E-state index contributed by atoms with van der Waals surface area (Å²) in [5.74, 6) is -1.82. The Bertz CT molecular complexity index is 581. The third-order valence-corrected chi connectivity index (χ3v) is 2.92. The molecule has 1 N–H and O–H groups in total. The average molecular weight is 286 g/mol. The van der Waals surface area contributed by atoms with E-state index in [0.717, 1.165) is 6.07 Å². The number of benzene rings is 2. The monoisotopic (exact) mass is 285 g/mol. The van der Waals surface area contributed by atoms with Gasteiger partial charge in [0.1, 0.15) is 17.5 Å². The largest absolute Gasteiger partial charge is 0.376 e. The van der Waals surface area contributed by atoms with E-state index in [1.807, 2.05) is 0 Å². The molecule has 5 heteroatoms. The highest BCUT2D eigenvalue weighted by Crippen LogP contribution is 2.25. The summed E-state index contributed by atoms with van der Waals surface area (Å²) in [5, 5.41) is 3.21. The molecule has 0 aliphatic heterocycles. The molecule has 19 heavy (non-hydrogen) atoms. The van der Waals surface area contributed by atoms with Gasteiger partial charge in [-0.3, -0.25) is 0 Å². The smallest absolute Gasteiger partial charge is 0.146 e. The standard InChI is InChI=1S/C14H11ClF3N/c1-8(9-4-11(16)7-12(17)5-9)19-14-6-10(15)2-3-13(14)18/h2-8,19H,1H3. The van der Waals surface area contributed by atoms with Crippen LogP contribution in [0.3, 0.4) is 0 Å². The molecular formula is C14H11ClF3N. The van der Waals surface area contributed by atoms with Gasteiger partial charge >= 0.3 is 0 Å². The molecule has 0 aliphatic carbocycles. The van der Waals surface area contributed by atoms with E-state index >= 15 is 0 Å². The van der Waals surface area contributed by atoms with Crippen LogP contribution in [-0.4, -0.2) is 0 Å². The van der Waals surface area contributed by atoms with Gasteiger partial charge in [0.15, 0.2) is 0 Å². The van der Waals surface area contributed by atoms with Gasteiger partial charge in [-0.05, 0) is 42.8 Å². The highest BCUT2D eigenvalue weighted by Gasteiger charge is 2.11. The van der Waals surface area contributed by atoms with E-state index in [-0.39, 0.29) is 5.69 Å². The fraction of sp³-hybridized carbons (Fsp3) is 0.143. The molecule has 0 aromatic heterocycles. The van der Waals surface area contributed by atoms with Gasteiger partial charge in [0.25, 0.3) is 0 Å². The van der Waals surface area contributed by atoms with Crippen molar-refractivity contribution in [3.63, 3.8) is 0 Å². The topological polar surface area (TPSA) is 12.0 Å². The van der Waals surface area contributed by atoms with Gasteiger partial charge < -0.3 is 5.32 Å². The van der Waals surface area contributed by atoms with E-state index in [9.17, 15) is 13.2 Å². The van der Waals surface area contributed by atoms with Crippen molar-refractivity contribution in [3.05, 3.63) is 64.4 Å². The summed E-state index contributed by atoms with van der Waals surface area (Å²) in [4.78, 5) is 0. The number of hydrogen-bond donors (Lipinski definition) is 1. The van der Waals surface area contributed by atoms with Crippen LogP contribution < -0.4 is 5.32 Å². The van der Waals surface area contributed by atoms with E-state index in [1.165, 1.54) is 30.3 Å². The second-order valence-electron chi connectivity index (χ2n) is 4.19. The summed E-state index contributed by atoms with van der Waals surface area (Å²) < 4.78 is 39.8. The van der Waals surface area contributed by atoms with E-state index in [0.29, 0.717) is 10.6 Å². The van der Waals surface area contributed by atoms with Crippen LogP contribution in [0.25, 0.3) is 0 Å². The summed E-state index contributed by atoms with van der Waals surface area (Å²) >= 11 is 5.77. The van der Waals surface area contributed by atoms with E-state index in [2.05, 4.69) is 5.32 Å². The minimum absolute atomic E-state index is 0.185. The lowest BCUT2D eigenvalue weighted by molar-refractivity contribution is 0.577. The number of rotatable bonds is 3. The first-order chi connectivity index (χ1) is 8.95. The van der Waals surface area contributed by atoms with E-state index in [1.54, 1.807) is 6.92 Å². The van der Waals surface area contributed by atoms with Gasteiger partial charge in [-0.1, -0.05) is 11.6 Å². The van der Waals surface area contributed by atoms with Crippen LogP contribution in [-0.2, 0) is 0 Å². The number of nitrogens with one attached hydrogen (secondary N) is 1. The average Bonchev–Trinajstić information content (AvgIpc) is 2.32. The molecule has 1 unspecified atom stereocenters. The van der Waals surface area contributed by atoms with Crippen molar-refractivity contribution in [1.82, 2.24) is 0 Å². The Balaban J connectivity index is 2.25. The first-order valence-electron chi connectivity index (χ1n) is 5.63. The first kappa shape index (κ1) is 13.7. The Hall–Kier alpha value is -1.68. The Morgan fingerprint density at radius 3 is 2.26 bits per heavy atom. The van der Waals surface area contributed by atoms with E-state index in [4.69, 9.17) is 11.6 Å². The van der Waals surface area contributed by atoms with Crippen molar-refractivity contribution in [3.8, 4) is 0 Å². The number of anilines is 1. The normalized spacial score (nSPS) is 12.3. The minimum Gasteiger partial charge on any atom is -0.376 e. The number of halogens is 4. The molecule has 0 bridgehead atoms. The zero-order valence-corrected chi connectivity index (χ0v) is 10.8. The summed E-state index contributed by atoms with van der Waals surface area (Å²) in [6, 6.07) is 6.79. The van der Waals surface area contributed by atoms with Gasteiger partial charge in [0.2, 0.25) is 0 Å². The van der Waals surface area contributed by atoms with Crippen molar-refractivity contribution >= 4 is 17.3 Å². The molecule has 2 rings (SSSR count). The lowest BCUT2D eigenvalue weighted by Gasteiger charge is -2.16. The molecule has 1 nitrogen and oxygen atoms in total. The summed E-state index contributed by atoms with van der Waals surface area (Å²) in [5.41, 5.74) is 0.571. The van der Waals surface area contributed by atoms with Gasteiger partial charge in [-0.2, -0.15) is 0 Å². The van der Waals surface area contributed by atoms with Crippen LogP contribution >= 0.6 is 11.6 Å². The Labute approximate surface area is 114 Å². The Morgan fingerprint density at radius 1 is 1.00 bits per heavy atom. The molecule has 0 saturated heterocycles. The summed E-state index contributed by atoms with van der Waals surface area (Å²) in [6.07, 6.45) is 0. The van der Waals surface area contributed by atoms with Crippen molar-refractivity contribution in [2.24, 2.45) is 0 Å². The molecule has 0 fully saturated rings. The van der Waals surface area contributed by atoms with E-state index < -0.39 is 23.5 Å². The molecule has 0 heterocycles. The van der Waals surface area contributed by atoms with Gasteiger partial charge in [-0.15, -0.1) is 0 Å². The fourth-order valence-electron chi connectivity index (χ4n) is 1.75. The second kappa shape index (κ2) is 5.53. The van der Waals surface area contributed by atoms with Crippen LogP contribution in [0, 0.1) is 17.5 Å². The molecule has 2 aromatic rings. The van der Waals surface area contributed by atoms with Crippen molar-refractivity contribution in [2.45, 2.75) is 13.0 Å². The maximum atomic E-state index is 13.5. The molecule has 0 amide bonds. The molecule has 2 aromatic carbocycles. The molecule has 100 valence electrons. The fourth-order valence-corrected chi connectivity index (χ4v) is 1.92. The highest BCUT2D eigenvalue weighted by atomic mass is 35.5. The van der Waals surface area contributed by atoms with Crippen molar-refractivity contribution < 1.29 is 13.2 Å². The third-order valence-electron chi connectivity index (χ3n) is 2.69. The van der Waals surface area contributed by atoms with Crippen LogP contribution in [0.15, 0.2) is 36.4 Å². The Kier molecular flexibility index (Phi) is 4.00.